The first-order valence-corrected chi connectivity index (χ1v) is 9.06. The van der Waals surface area contributed by atoms with Crippen molar-refractivity contribution in [2.24, 2.45) is 0 Å². The maximum atomic E-state index is 5.04. The van der Waals surface area contributed by atoms with Crippen molar-refractivity contribution < 1.29 is 0 Å². The Morgan fingerprint density at radius 1 is 1.33 bits per heavy atom. The average molecular weight is 310 g/mol. The van der Waals surface area contributed by atoms with Crippen molar-refractivity contribution in [3.05, 3.63) is 10.6 Å². The molecule has 0 unspecified atom stereocenters. The van der Waals surface area contributed by atoms with Gasteiger partial charge in [0.1, 0.15) is 0 Å². The highest BCUT2D eigenvalue weighted by atomic mass is 32.1. The first kappa shape index (κ1) is 16.8. The van der Waals surface area contributed by atoms with Gasteiger partial charge >= 0.3 is 0 Å². The van der Waals surface area contributed by atoms with E-state index in [2.05, 4.69) is 51.8 Å². The second-order valence-electron chi connectivity index (χ2n) is 7.76. The molecule has 3 nitrogen and oxygen atoms in total. The number of nitrogens with one attached hydrogen (secondary N) is 1. The molecule has 0 saturated carbocycles. The summed E-state index contributed by atoms with van der Waals surface area (Å²) in [5.74, 6) is 0. The van der Waals surface area contributed by atoms with E-state index in [1.807, 2.05) is 11.3 Å². The van der Waals surface area contributed by atoms with Gasteiger partial charge in [-0.1, -0.05) is 27.7 Å². The second kappa shape index (κ2) is 6.25. The molecule has 2 rings (SSSR count). The third-order valence-electron chi connectivity index (χ3n) is 4.24. The van der Waals surface area contributed by atoms with E-state index in [1.54, 1.807) is 0 Å². The van der Waals surface area contributed by atoms with Crippen molar-refractivity contribution in [2.45, 2.75) is 78.3 Å². The lowest BCUT2D eigenvalue weighted by Crippen LogP contribution is -2.38. The van der Waals surface area contributed by atoms with E-state index in [0.717, 1.165) is 19.6 Å². The minimum absolute atomic E-state index is 0.113. The Labute approximate surface area is 134 Å². The number of hydrogen-bond acceptors (Lipinski definition) is 4. The van der Waals surface area contributed by atoms with Crippen molar-refractivity contribution in [1.29, 1.82) is 0 Å². The normalized spacial score (nSPS) is 18.5. The molecule has 0 atom stereocenters. The van der Waals surface area contributed by atoms with Gasteiger partial charge in [0.15, 0.2) is 5.13 Å². The zero-order valence-corrected chi connectivity index (χ0v) is 15.4. The summed E-state index contributed by atoms with van der Waals surface area (Å²) in [4.78, 5) is 8.96. The van der Waals surface area contributed by atoms with Gasteiger partial charge in [0, 0.05) is 28.9 Å². The standard InChI is InChI=1S/C17H31N3S/c1-7-10-18-12-13-14(16(2,3)4)19-15(21-13)20-11-8-9-17(20,5)6/h18H,7-12H2,1-6H3. The number of rotatable bonds is 5. The van der Waals surface area contributed by atoms with Crippen LogP contribution in [0.4, 0.5) is 5.13 Å². The summed E-state index contributed by atoms with van der Waals surface area (Å²) in [6.45, 7) is 16.9. The molecule has 4 heteroatoms. The largest absolute Gasteiger partial charge is 0.343 e. The van der Waals surface area contributed by atoms with Crippen LogP contribution in [0.5, 0.6) is 0 Å². The highest BCUT2D eigenvalue weighted by molar-refractivity contribution is 7.15. The molecule has 1 aromatic heterocycles. The topological polar surface area (TPSA) is 28.2 Å². The van der Waals surface area contributed by atoms with Crippen LogP contribution in [-0.2, 0) is 12.0 Å². The predicted octanol–water partition coefficient (Wildman–Crippen LogP) is 4.32. The molecule has 1 saturated heterocycles. The highest BCUT2D eigenvalue weighted by Gasteiger charge is 2.35. The number of hydrogen-bond donors (Lipinski definition) is 1. The summed E-state index contributed by atoms with van der Waals surface area (Å²) >= 11 is 1.89. The van der Waals surface area contributed by atoms with Crippen LogP contribution in [-0.4, -0.2) is 23.6 Å². The van der Waals surface area contributed by atoms with Gasteiger partial charge < -0.3 is 10.2 Å². The van der Waals surface area contributed by atoms with Gasteiger partial charge in [0.2, 0.25) is 0 Å². The first-order valence-electron chi connectivity index (χ1n) is 8.24. The lowest BCUT2D eigenvalue weighted by molar-refractivity contribution is 0.513. The van der Waals surface area contributed by atoms with Gasteiger partial charge in [0.25, 0.3) is 0 Å². The zero-order valence-electron chi connectivity index (χ0n) is 14.5. The summed E-state index contributed by atoms with van der Waals surface area (Å²) in [5, 5.41) is 4.76. The summed E-state index contributed by atoms with van der Waals surface area (Å²) < 4.78 is 0. The van der Waals surface area contributed by atoms with Gasteiger partial charge in [-0.15, -0.1) is 11.3 Å². The van der Waals surface area contributed by atoms with E-state index >= 15 is 0 Å². The molecule has 0 aromatic carbocycles. The van der Waals surface area contributed by atoms with Crippen molar-refractivity contribution in [2.75, 3.05) is 18.0 Å². The maximum Gasteiger partial charge on any atom is 0.186 e. The van der Waals surface area contributed by atoms with E-state index in [1.165, 1.54) is 35.0 Å². The van der Waals surface area contributed by atoms with Crippen LogP contribution >= 0.6 is 11.3 Å². The molecule has 0 spiro atoms. The molecule has 1 fully saturated rings. The van der Waals surface area contributed by atoms with Crippen LogP contribution in [0.2, 0.25) is 0 Å². The molecule has 120 valence electrons. The zero-order chi connectivity index (χ0) is 15.7. The van der Waals surface area contributed by atoms with Crippen molar-refractivity contribution in [3.63, 3.8) is 0 Å². The quantitative estimate of drug-likeness (QED) is 0.821. The van der Waals surface area contributed by atoms with E-state index in [0.29, 0.717) is 0 Å². The Hall–Kier alpha value is -0.610. The van der Waals surface area contributed by atoms with Gasteiger partial charge in [0.05, 0.1) is 5.69 Å². The summed E-state index contributed by atoms with van der Waals surface area (Å²) in [7, 11) is 0. The smallest absolute Gasteiger partial charge is 0.186 e. The van der Waals surface area contributed by atoms with Crippen LogP contribution in [0.3, 0.4) is 0 Å². The minimum atomic E-state index is 0.113. The Balaban J connectivity index is 2.27. The van der Waals surface area contributed by atoms with E-state index < -0.39 is 0 Å². The maximum absolute atomic E-state index is 5.04. The van der Waals surface area contributed by atoms with E-state index in [4.69, 9.17) is 4.98 Å². The first-order chi connectivity index (χ1) is 9.75. The molecule has 1 N–H and O–H groups in total. The van der Waals surface area contributed by atoms with Crippen LogP contribution in [0.1, 0.15) is 71.4 Å². The Morgan fingerprint density at radius 2 is 2.05 bits per heavy atom. The Kier molecular flexibility index (Phi) is 4.99. The third-order valence-corrected chi connectivity index (χ3v) is 5.32. The number of anilines is 1. The lowest BCUT2D eigenvalue weighted by Gasteiger charge is -2.31. The van der Waals surface area contributed by atoms with Gasteiger partial charge in [-0.25, -0.2) is 4.98 Å². The fourth-order valence-electron chi connectivity index (χ4n) is 3.00. The molecule has 0 aliphatic carbocycles. The van der Waals surface area contributed by atoms with Gasteiger partial charge in [-0.05, 0) is 39.7 Å². The van der Waals surface area contributed by atoms with Gasteiger partial charge in [-0.2, -0.15) is 0 Å². The van der Waals surface area contributed by atoms with Crippen molar-refractivity contribution in [3.8, 4) is 0 Å². The van der Waals surface area contributed by atoms with E-state index in [9.17, 15) is 0 Å². The van der Waals surface area contributed by atoms with Crippen LogP contribution in [0.15, 0.2) is 0 Å². The lowest BCUT2D eigenvalue weighted by atomic mass is 9.91. The average Bonchev–Trinajstić information content (AvgIpc) is 2.92. The molecular formula is C17H31N3S. The van der Waals surface area contributed by atoms with Crippen molar-refractivity contribution >= 4 is 16.5 Å². The monoisotopic (exact) mass is 309 g/mol. The highest BCUT2D eigenvalue weighted by Crippen LogP contribution is 2.39. The molecular weight excluding hydrogens is 278 g/mol. The fourth-order valence-corrected chi connectivity index (χ4v) is 4.43. The molecule has 0 bridgehead atoms. The summed E-state index contributed by atoms with van der Waals surface area (Å²) in [5.41, 5.74) is 1.64. The fraction of sp³-hybridized carbons (Fsp3) is 0.824. The SMILES string of the molecule is CCCNCc1sc(N2CCCC2(C)C)nc1C(C)(C)C. The molecule has 1 aliphatic heterocycles. The number of thiazole rings is 1. The van der Waals surface area contributed by atoms with Crippen LogP contribution in [0, 0.1) is 0 Å². The molecule has 0 amide bonds. The van der Waals surface area contributed by atoms with Gasteiger partial charge in [-0.3, -0.25) is 0 Å². The number of nitrogens with zero attached hydrogens (tertiary/aromatic N) is 2. The number of aromatic nitrogens is 1. The molecule has 0 radical (unpaired) electrons. The Bertz CT molecular complexity index is 471. The summed E-state index contributed by atoms with van der Waals surface area (Å²) in [6.07, 6.45) is 3.72. The Morgan fingerprint density at radius 3 is 2.57 bits per heavy atom. The van der Waals surface area contributed by atoms with Crippen LogP contribution < -0.4 is 10.2 Å². The predicted molar refractivity (Wildman–Crippen MR) is 93.5 cm³/mol. The summed E-state index contributed by atoms with van der Waals surface area (Å²) in [6, 6.07) is 0. The molecule has 1 aliphatic rings. The third kappa shape index (κ3) is 3.78. The second-order valence-corrected chi connectivity index (χ2v) is 8.82. The molecule has 21 heavy (non-hydrogen) atoms. The molecule has 2 heterocycles. The van der Waals surface area contributed by atoms with Crippen molar-refractivity contribution in [1.82, 2.24) is 10.3 Å². The van der Waals surface area contributed by atoms with Crippen LogP contribution in [0.25, 0.3) is 0 Å². The van der Waals surface area contributed by atoms with E-state index in [-0.39, 0.29) is 11.0 Å². The minimum Gasteiger partial charge on any atom is -0.343 e. The molecule has 1 aromatic rings.